The van der Waals surface area contributed by atoms with E-state index >= 15 is 0 Å². The van der Waals surface area contributed by atoms with Crippen LogP contribution in [-0.4, -0.2) is 35.6 Å². The van der Waals surface area contributed by atoms with Crippen LogP contribution < -0.4 is 0 Å². The number of carboxylic acid groups (broad SMARTS) is 1. The molecule has 1 N–H and O–H groups in total. The van der Waals surface area contributed by atoms with E-state index in [0.29, 0.717) is 5.57 Å². The molecular weight excluding hydrogens is 202 g/mol. The zero-order valence-corrected chi connectivity index (χ0v) is 10.8. The Labute approximate surface area is 99.1 Å². The van der Waals surface area contributed by atoms with Crippen molar-refractivity contribution in [2.24, 2.45) is 0 Å². The number of nitrogens with zero attached hydrogens (tertiary/aromatic N) is 1. The fraction of sp³-hybridized carbons (Fsp3) is 0.769. The number of rotatable bonds is 9. The molecule has 0 aromatic heterocycles. The van der Waals surface area contributed by atoms with Crippen molar-refractivity contribution >= 4 is 5.97 Å². The summed E-state index contributed by atoms with van der Waals surface area (Å²) in [5, 5.41) is 8.76. The Kier molecular flexibility index (Phi) is 8.91. The summed E-state index contributed by atoms with van der Waals surface area (Å²) >= 11 is 0. The first kappa shape index (κ1) is 15.2. The van der Waals surface area contributed by atoms with Gasteiger partial charge in [-0.2, -0.15) is 0 Å². The maximum Gasteiger partial charge on any atom is 0.330 e. The van der Waals surface area contributed by atoms with Gasteiger partial charge in [0.05, 0.1) is 0 Å². The smallest absolute Gasteiger partial charge is 0.330 e. The Bertz CT molecular complexity index is 216. The molecule has 0 atom stereocenters. The van der Waals surface area contributed by atoms with Crippen LogP contribution in [0, 0.1) is 0 Å². The van der Waals surface area contributed by atoms with Gasteiger partial charge in [-0.3, -0.25) is 4.90 Å². The molecule has 0 aromatic rings. The van der Waals surface area contributed by atoms with Crippen molar-refractivity contribution in [2.75, 3.05) is 19.6 Å². The highest BCUT2D eigenvalue weighted by Crippen LogP contribution is 2.01. The molecule has 94 valence electrons. The van der Waals surface area contributed by atoms with Gasteiger partial charge >= 0.3 is 5.97 Å². The lowest BCUT2D eigenvalue weighted by Gasteiger charge is -2.20. The van der Waals surface area contributed by atoms with Gasteiger partial charge in [0.1, 0.15) is 0 Å². The Hall–Kier alpha value is -0.830. The lowest BCUT2D eigenvalue weighted by Crippen LogP contribution is -2.26. The third-order valence-corrected chi connectivity index (χ3v) is 2.65. The number of aliphatic carboxylic acids is 1. The second kappa shape index (κ2) is 9.40. The quantitative estimate of drug-likeness (QED) is 0.616. The first-order valence-corrected chi connectivity index (χ1v) is 6.24. The lowest BCUT2D eigenvalue weighted by atomic mass is 10.2. The molecule has 0 aliphatic carbocycles. The summed E-state index contributed by atoms with van der Waals surface area (Å²) in [7, 11) is 0. The Balaban J connectivity index is 4.08. The minimum atomic E-state index is -0.814. The third kappa shape index (κ3) is 7.46. The van der Waals surface area contributed by atoms with Gasteiger partial charge in [-0.05, 0) is 32.9 Å². The van der Waals surface area contributed by atoms with Gasteiger partial charge < -0.3 is 5.11 Å². The normalized spacial score (nSPS) is 12.1. The van der Waals surface area contributed by atoms with Gasteiger partial charge in [-0.25, -0.2) is 4.79 Å². The van der Waals surface area contributed by atoms with Crippen LogP contribution in [0.2, 0.25) is 0 Å². The fourth-order valence-electron chi connectivity index (χ4n) is 1.41. The summed E-state index contributed by atoms with van der Waals surface area (Å²) in [6.07, 6.45) is 6.55. The van der Waals surface area contributed by atoms with E-state index in [4.69, 9.17) is 5.11 Å². The van der Waals surface area contributed by atoms with Crippen LogP contribution in [0.5, 0.6) is 0 Å². The number of hydrogen-bond donors (Lipinski definition) is 1. The Morgan fingerprint density at radius 3 is 2.06 bits per heavy atom. The summed E-state index contributed by atoms with van der Waals surface area (Å²) in [5.74, 6) is -0.814. The fourth-order valence-corrected chi connectivity index (χ4v) is 1.41. The average molecular weight is 227 g/mol. The van der Waals surface area contributed by atoms with E-state index in [1.165, 1.54) is 25.7 Å². The molecule has 0 aromatic carbocycles. The second-order valence-electron chi connectivity index (χ2n) is 4.20. The van der Waals surface area contributed by atoms with E-state index in [1.807, 2.05) is 6.08 Å². The Morgan fingerprint density at radius 2 is 1.69 bits per heavy atom. The summed E-state index contributed by atoms with van der Waals surface area (Å²) in [6, 6.07) is 0. The molecule has 0 aliphatic heterocycles. The topological polar surface area (TPSA) is 40.5 Å². The SMILES string of the molecule is CCCCN(CC=C(C)C(=O)O)CCCC. The molecule has 0 rings (SSSR count). The average Bonchev–Trinajstić information content (AvgIpc) is 2.27. The molecule has 0 fully saturated rings. The number of carbonyl (C=O) groups is 1. The van der Waals surface area contributed by atoms with Crippen LogP contribution in [0.1, 0.15) is 46.5 Å². The van der Waals surface area contributed by atoms with Crippen LogP contribution in [0.3, 0.4) is 0 Å². The molecule has 0 saturated heterocycles. The predicted octanol–water partition coefficient (Wildman–Crippen LogP) is 2.92. The van der Waals surface area contributed by atoms with E-state index in [9.17, 15) is 4.79 Å². The van der Waals surface area contributed by atoms with Crippen molar-refractivity contribution in [1.82, 2.24) is 4.90 Å². The van der Waals surface area contributed by atoms with E-state index in [-0.39, 0.29) is 0 Å². The van der Waals surface area contributed by atoms with Gasteiger partial charge in [-0.1, -0.05) is 32.8 Å². The maximum atomic E-state index is 10.7. The summed E-state index contributed by atoms with van der Waals surface area (Å²) in [5.41, 5.74) is 0.443. The van der Waals surface area contributed by atoms with Crippen molar-refractivity contribution in [2.45, 2.75) is 46.5 Å². The minimum Gasteiger partial charge on any atom is -0.478 e. The zero-order valence-electron chi connectivity index (χ0n) is 10.8. The number of unbranched alkanes of at least 4 members (excludes halogenated alkanes) is 2. The van der Waals surface area contributed by atoms with E-state index in [1.54, 1.807) is 6.92 Å². The van der Waals surface area contributed by atoms with Crippen molar-refractivity contribution < 1.29 is 9.90 Å². The van der Waals surface area contributed by atoms with Crippen molar-refractivity contribution in [3.8, 4) is 0 Å². The van der Waals surface area contributed by atoms with Crippen molar-refractivity contribution in [1.29, 1.82) is 0 Å². The second-order valence-corrected chi connectivity index (χ2v) is 4.20. The van der Waals surface area contributed by atoms with Gasteiger partial charge in [0.15, 0.2) is 0 Å². The van der Waals surface area contributed by atoms with Gasteiger partial charge in [0.25, 0.3) is 0 Å². The van der Waals surface area contributed by atoms with Crippen LogP contribution in [0.15, 0.2) is 11.6 Å². The Morgan fingerprint density at radius 1 is 1.19 bits per heavy atom. The first-order valence-electron chi connectivity index (χ1n) is 6.24. The summed E-state index contributed by atoms with van der Waals surface area (Å²) in [6.45, 7) is 8.91. The van der Waals surface area contributed by atoms with Crippen LogP contribution in [0.25, 0.3) is 0 Å². The molecule has 16 heavy (non-hydrogen) atoms. The van der Waals surface area contributed by atoms with E-state index in [0.717, 1.165) is 19.6 Å². The van der Waals surface area contributed by atoms with E-state index < -0.39 is 5.97 Å². The van der Waals surface area contributed by atoms with Crippen LogP contribution in [0.4, 0.5) is 0 Å². The van der Waals surface area contributed by atoms with Crippen molar-refractivity contribution in [3.05, 3.63) is 11.6 Å². The molecular formula is C13H25NO2. The standard InChI is InChI=1S/C13H25NO2/c1-4-6-9-14(10-7-5-2)11-8-12(3)13(15)16/h8H,4-7,9-11H2,1-3H3,(H,15,16). The monoisotopic (exact) mass is 227 g/mol. The van der Waals surface area contributed by atoms with Crippen molar-refractivity contribution in [3.63, 3.8) is 0 Å². The highest BCUT2D eigenvalue weighted by atomic mass is 16.4. The predicted molar refractivity (Wildman–Crippen MR) is 67.6 cm³/mol. The van der Waals surface area contributed by atoms with Gasteiger partial charge in [0.2, 0.25) is 0 Å². The van der Waals surface area contributed by atoms with Crippen LogP contribution in [-0.2, 0) is 4.79 Å². The molecule has 0 saturated carbocycles. The molecule has 0 spiro atoms. The highest BCUT2D eigenvalue weighted by molar-refractivity contribution is 5.85. The molecule has 0 amide bonds. The molecule has 0 radical (unpaired) electrons. The summed E-state index contributed by atoms with van der Waals surface area (Å²) < 4.78 is 0. The molecule has 0 unspecified atom stereocenters. The molecule has 3 nitrogen and oxygen atoms in total. The lowest BCUT2D eigenvalue weighted by molar-refractivity contribution is -0.132. The molecule has 0 bridgehead atoms. The number of carboxylic acids is 1. The molecule has 0 heterocycles. The van der Waals surface area contributed by atoms with E-state index in [2.05, 4.69) is 18.7 Å². The minimum absolute atomic E-state index is 0.443. The summed E-state index contributed by atoms with van der Waals surface area (Å²) in [4.78, 5) is 13.0. The number of hydrogen-bond acceptors (Lipinski definition) is 2. The van der Waals surface area contributed by atoms with Crippen LogP contribution >= 0.6 is 0 Å². The molecule has 0 aliphatic rings. The molecule has 3 heteroatoms. The van der Waals surface area contributed by atoms with Gasteiger partial charge in [0, 0.05) is 12.1 Å². The first-order chi connectivity index (χ1) is 7.61. The third-order valence-electron chi connectivity index (χ3n) is 2.65. The zero-order chi connectivity index (χ0) is 12.4. The highest BCUT2D eigenvalue weighted by Gasteiger charge is 2.04. The van der Waals surface area contributed by atoms with Gasteiger partial charge in [-0.15, -0.1) is 0 Å². The maximum absolute atomic E-state index is 10.7. The largest absolute Gasteiger partial charge is 0.478 e.